The van der Waals surface area contributed by atoms with E-state index in [4.69, 9.17) is 14.6 Å². The summed E-state index contributed by atoms with van der Waals surface area (Å²) in [6, 6.07) is 9.29. The van der Waals surface area contributed by atoms with Gasteiger partial charge in [-0.1, -0.05) is 36.4 Å². The number of carbonyl (C=O) groups excluding carboxylic acids is 2. The molecule has 1 aromatic rings. The third-order valence-electron chi connectivity index (χ3n) is 3.88. The average molecular weight is 319 g/mol. The highest BCUT2D eigenvalue weighted by molar-refractivity contribution is 5.88. The van der Waals surface area contributed by atoms with Crippen LogP contribution < -0.4 is 0 Å². The molecule has 1 aliphatic heterocycles. The summed E-state index contributed by atoms with van der Waals surface area (Å²) in [5.74, 6) is -0.484. The number of carbonyl (C=O) groups is 2. The van der Waals surface area contributed by atoms with Gasteiger partial charge in [0.05, 0.1) is 0 Å². The molecule has 0 aromatic heterocycles. The van der Waals surface area contributed by atoms with Crippen molar-refractivity contribution in [1.29, 1.82) is 0 Å². The molecule has 6 heteroatoms. The number of aliphatic hydroxyl groups is 1. The summed E-state index contributed by atoms with van der Waals surface area (Å²) in [5.41, 5.74) is -0.282. The summed E-state index contributed by atoms with van der Waals surface area (Å²) >= 11 is 0. The molecule has 1 heterocycles. The number of ether oxygens (including phenoxy) is 2. The van der Waals surface area contributed by atoms with Gasteiger partial charge in [-0.05, 0) is 24.8 Å². The molecule has 124 valence electrons. The van der Waals surface area contributed by atoms with E-state index in [1.54, 1.807) is 6.08 Å². The molecular formula is C17H21NO5. The van der Waals surface area contributed by atoms with Crippen LogP contribution in [0.4, 0.5) is 4.79 Å². The SMILES string of the molecule is C=CCC1(CCCO)C(=O)OCN1C(=O)OCc1ccccc1. The van der Waals surface area contributed by atoms with Gasteiger partial charge < -0.3 is 14.6 Å². The van der Waals surface area contributed by atoms with Crippen molar-refractivity contribution in [2.45, 2.75) is 31.4 Å². The normalized spacial score (nSPS) is 20.2. The first kappa shape index (κ1) is 17.0. The molecule has 6 nitrogen and oxygen atoms in total. The average Bonchev–Trinajstić information content (AvgIpc) is 2.89. The maximum absolute atomic E-state index is 12.4. The minimum Gasteiger partial charge on any atom is -0.444 e. The largest absolute Gasteiger partial charge is 0.444 e. The van der Waals surface area contributed by atoms with Crippen LogP contribution in [-0.4, -0.2) is 40.9 Å². The minimum atomic E-state index is -1.14. The van der Waals surface area contributed by atoms with Crippen molar-refractivity contribution in [2.75, 3.05) is 13.3 Å². The Morgan fingerprint density at radius 3 is 2.83 bits per heavy atom. The summed E-state index contributed by atoms with van der Waals surface area (Å²) in [4.78, 5) is 25.9. The number of rotatable bonds is 7. The van der Waals surface area contributed by atoms with Gasteiger partial charge in [0, 0.05) is 6.61 Å². The second kappa shape index (κ2) is 7.78. The molecule has 1 fully saturated rings. The Balaban J connectivity index is 2.09. The summed E-state index contributed by atoms with van der Waals surface area (Å²) in [7, 11) is 0. The molecule has 23 heavy (non-hydrogen) atoms. The molecular weight excluding hydrogens is 298 g/mol. The molecule has 0 aliphatic carbocycles. The van der Waals surface area contributed by atoms with Gasteiger partial charge in [-0.25, -0.2) is 9.59 Å². The Bertz CT molecular complexity index is 559. The molecule has 1 N–H and O–H groups in total. The highest BCUT2D eigenvalue weighted by Crippen LogP contribution is 2.33. The lowest BCUT2D eigenvalue weighted by Gasteiger charge is -2.32. The number of esters is 1. The van der Waals surface area contributed by atoms with Gasteiger partial charge in [-0.3, -0.25) is 4.90 Å². The van der Waals surface area contributed by atoms with Gasteiger partial charge in [0.25, 0.3) is 0 Å². The number of cyclic esters (lactones) is 1. The molecule has 1 aromatic carbocycles. The van der Waals surface area contributed by atoms with Crippen LogP contribution in [0.2, 0.25) is 0 Å². The van der Waals surface area contributed by atoms with E-state index in [1.165, 1.54) is 4.90 Å². The summed E-state index contributed by atoms with van der Waals surface area (Å²) in [6.07, 6.45) is 1.90. The van der Waals surface area contributed by atoms with Gasteiger partial charge in [0.2, 0.25) is 0 Å². The second-order valence-corrected chi connectivity index (χ2v) is 5.38. The van der Waals surface area contributed by atoms with Crippen LogP contribution in [0, 0.1) is 0 Å². The van der Waals surface area contributed by atoms with Crippen molar-refractivity contribution in [3.05, 3.63) is 48.6 Å². The highest BCUT2D eigenvalue weighted by atomic mass is 16.6. The molecule has 1 unspecified atom stereocenters. The molecule has 1 atom stereocenters. The molecule has 0 saturated carbocycles. The first-order valence-corrected chi connectivity index (χ1v) is 7.51. The second-order valence-electron chi connectivity index (χ2n) is 5.38. The number of hydrogen-bond donors (Lipinski definition) is 1. The highest BCUT2D eigenvalue weighted by Gasteiger charge is 2.52. The number of amides is 1. The van der Waals surface area contributed by atoms with Crippen LogP contribution in [0.25, 0.3) is 0 Å². The van der Waals surface area contributed by atoms with E-state index in [1.807, 2.05) is 30.3 Å². The van der Waals surface area contributed by atoms with E-state index in [-0.39, 0.29) is 26.4 Å². The fourth-order valence-electron chi connectivity index (χ4n) is 2.66. The third kappa shape index (κ3) is 3.71. The quantitative estimate of drug-likeness (QED) is 0.616. The fraction of sp³-hybridized carbons (Fsp3) is 0.412. The first-order valence-electron chi connectivity index (χ1n) is 7.51. The predicted molar refractivity (Wildman–Crippen MR) is 83.3 cm³/mol. The molecule has 2 rings (SSSR count). The maximum Gasteiger partial charge on any atom is 0.413 e. The van der Waals surface area contributed by atoms with E-state index in [0.717, 1.165) is 5.56 Å². The number of benzene rings is 1. The Morgan fingerprint density at radius 1 is 1.43 bits per heavy atom. The Morgan fingerprint density at radius 2 is 2.17 bits per heavy atom. The van der Waals surface area contributed by atoms with Gasteiger partial charge in [-0.15, -0.1) is 6.58 Å². The molecule has 1 saturated heterocycles. The van der Waals surface area contributed by atoms with Gasteiger partial charge in [-0.2, -0.15) is 0 Å². The zero-order valence-electron chi connectivity index (χ0n) is 12.9. The van der Waals surface area contributed by atoms with Crippen LogP contribution in [0.15, 0.2) is 43.0 Å². The Labute approximate surface area is 135 Å². The smallest absolute Gasteiger partial charge is 0.413 e. The van der Waals surface area contributed by atoms with Crippen molar-refractivity contribution in [1.82, 2.24) is 4.90 Å². The summed E-state index contributed by atoms with van der Waals surface area (Å²) < 4.78 is 10.4. The zero-order valence-corrected chi connectivity index (χ0v) is 12.9. The molecule has 1 amide bonds. The lowest BCUT2D eigenvalue weighted by molar-refractivity contribution is -0.143. The van der Waals surface area contributed by atoms with Crippen molar-refractivity contribution in [3.63, 3.8) is 0 Å². The number of aliphatic hydroxyl groups excluding tert-OH is 1. The molecule has 0 radical (unpaired) electrons. The summed E-state index contributed by atoms with van der Waals surface area (Å²) in [6.45, 7) is 3.55. The first-order chi connectivity index (χ1) is 11.1. The van der Waals surface area contributed by atoms with E-state index in [0.29, 0.717) is 12.8 Å². The van der Waals surface area contributed by atoms with Crippen LogP contribution in [-0.2, 0) is 20.9 Å². The maximum atomic E-state index is 12.4. The van der Waals surface area contributed by atoms with Crippen LogP contribution >= 0.6 is 0 Å². The van der Waals surface area contributed by atoms with E-state index in [2.05, 4.69) is 6.58 Å². The lowest BCUT2D eigenvalue weighted by Crippen LogP contribution is -2.51. The Kier molecular flexibility index (Phi) is 5.76. The van der Waals surface area contributed by atoms with Crippen molar-refractivity contribution >= 4 is 12.1 Å². The molecule has 0 bridgehead atoms. The van der Waals surface area contributed by atoms with Crippen LogP contribution in [0.3, 0.4) is 0 Å². The van der Waals surface area contributed by atoms with Crippen molar-refractivity contribution in [2.24, 2.45) is 0 Å². The van der Waals surface area contributed by atoms with Crippen LogP contribution in [0.5, 0.6) is 0 Å². The third-order valence-corrected chi connectivity index (χ3v) is 3.88. The van der Waals surface area contributed by atoms with Gasteiger partial charge in [0.15, 0.2) is 12.3 Å². The topological polar surface area (TPSA) is 76.1 Å². The van der Waals surface area contributed by atoms with E-state index < -0.39 is 17.6 Å². The fourth-order valence-corrected chi connectivity index (χ4v) is 2.66. The van der Waals surface area contributed by atoms with Crippen molar-refractivity contribution < 1.29 is 24.2 Å². The Hall–Kier alpha value is -2.34. The van der Waals surface area contributed by atoms with Crippen LogP contribution in [0.1, 0.15) is 24.8 Å². The predicted octanol–water partition coefficient (Wildman–Crippen LogP) is 2.23. The van der Waals surface area contributed by atoms with E-state index in [9.17, 15) is 9.59 Å². The number of hydrogen-bond acceptors (Lipinski definition) is 5. The number of nitrogens with zero attached hydrogens (tertiary/aromatic N) is 1. The molecule has 0 spiro atoms. The molecule has 1 aliphatic rings. The zero-order chi connectivity index (χ0) is 16.7. The van der Waals surface area contributed by atoms with Gasteiger partial charge >= 0.3 is 12.1 Å². The van der Waals surface area contributed by atoms with E-state index >= 15 is 0 Å². The van der Waals surface area contributed by atoms with Crippen molar-refractivity contribution in [3.8, 4) is 0 Å². The minimum absolute atomic E-state index is 0.0704. The lowest BCUT2D eigenvalue weighted by atomic mass is 9.89. The summed E-state index contributed by atoms with van der Waals surface area (Å²) in [5, 5.41) is 9.06. The standard InChI is InChI=1S/C17H21NO5/c1-2-9-17(10-6-11-19)15(20)23-13-18(17)16(21)22-12-14-7-4-3-5-8-14/h2-5,7-8,19H,1,6,9-13H2. The van der Waals surface area contributed by atoms with Gasteiger partial charge in [0.1, 0.15) is 6.61 Å². The monoisotopic (exact) mass is 319 g/mol.